The topological polar surface area (TPSA) is 20.3 Å². The highest BCUT2D eigenvalue weighted by Gasteiger charge is 2.34. The van der Waals surface area contributed by atoms with Crippen LogP contribution in [0.3, 0.4) is 0 Å². The monoisotopic (exact) mass is 421 g/mol. The number of rotatable bonds is 2. The van der Waals surface area contributed by atoms with E-state index in [9.17, 15) is 4.79 Å². The second kappa shape index (κ2) is 5.90. The van der Waals surface area contributed by atoms with Crippen LogP contribution in [0.1, 0.15) is 43.5 Å². The first kappa shape index (κ1) is 14.3. The summed E-state index contributed by atoms with van der Waals surface area (Å²) in [5.41, 5.74) is 0.786. The van der Waals surface area contributed by atoms with Gasteiger partial charge in [0.25, 0.3) is 5.91 Å². The molecule has 1 saturated heterocycles. The minimum Gasteiger partial charge on any atom is -0.333 e. The van der Waals surface area contributed by atoms with Crippen molar-refractivity contribution in [3.05, 3.63) is 31.8 Å². The summed E-state index contributed by atoms with van der Waals surface area (Å²) in [6.45, 7) is 4.31. The molecule has 0 saturated carbocycles. The number of carbonyl (C=O) groups is 1. The molecule has 2 nitrogen and oxygen atoms in total. The van der Waals surface area contributed by atoms with E-state index in [1.54, 1.807) is 0 Å². The number of hydrogen-bond donors (Lipinski definition) is 0. The van der Waals surface area contributed by atoms with E-state index in [1.807, 2.05) is 18.2 Å². The quantitative estimate of drug-likeness (QED) is 0.645. The minimum atomic E-state index is 0.164. The fraction of sp³-hybridized carbons (Fsp3) is 0.500. The second-order valence-electron chi connectivity index (χ2n) is 4.83. The van der Waals surface area contributed by atoms with E-state index in [0.717, 1.165) is 32.9 Å². The zero-order chi connectivity index (χ0) is 13.3. The van der Waals surface area contributed by atoms with E-state index >= 15 is 0 Å². The summed E-state index contributed by atoms with van der Waals surface area (Å²) in [4.78, 5) is 14.8. The van der Waals surface area contributed by atoms with Gasteiger partial charge in [-0.1, -0.05) is 6.92 Å². The van der Waals surface area contributed by atoms with Crippen molar-refractivity contribution >= 4 is 44.4 Å². The van der Waals surface area contributed by atoms with E-state index in [-0.39, 0.29) is 5.91 Å². The summed E-state index contributed by atoms with van der Waals surface area (Å²) in [6.07, 6.45) is 3.29. The van der Waals surface area contributed by atoms with Crippen molar-refractivity contribution in [1.29, 1.82) is 0 Å². The Balaban J connectivity index is 2.32. The van der Waals surface area contributed by atoms with Gasteiger partial charge in [-0.15, -0.1) is 0 Å². The van der Waals surface area contributed by atoms with Crippen LogP contribution in [-0.4, -0.2) is 22.9 Å². The molecule has 1 heterocycles. The molecule has 0 N–H and O–H groups in total. The Hall–Kier alpha value is -0.100. The molecular weight excluding hydrogens is 405 g/mol. The van der Waals surface area contributed by atoms with Gasteiger partial charge in [0, 0.05) is 20.1 Å². The zero-order valence-corrected chi connectivity index (χ0v) is 14.4. The van der Waals surface area contributed by atoms with Gasteiger partial charge in [0.15, 0.2) is 0 Å². The molecular formula is C14H17BrINO. The lowest BCUT2D eigenvalue weighted by molar-refractivity contribution is 0.0675. The third-order valence-corrected chi connectivity index (χ3v) is 5.01. The Morgan fingerprint density at radius 2 is 2.22 bits per heavy atom. The summed E-state index contributed by atoms with van der Waals surface area (Å²) in [5.74, 6) is 0.164. The predicted octanol–water partition coefficient (Wildman–Crippen LogP) is 4.46. The molecule has 1 aromatic carbocycles. The molecule has 18 heavy (non-hydrogen) atoms. The molecule has 0 spiro atoms. The zero-order valence-electron chi connectivity index (χ0n) is 10.6. The molecule has 1 aliphatic heterocycles. The fourth-order valence-corrected chi connectivity index (χ4v) is 3.55. The summed E-state index contributed by atoms with van der Waals surface area (Å²) >= 11 is 5.74. The smallest absolute Gasteiger partial charge is 0.255 e. The summed E-state index contributed by atoms with van der Waals surface area (Å²) < 4.78 is 1.99. The number of nitrogens with zero attached hydrogens (tertiary/aromatic N) is 1. The van der Waals surface area contributed by atoms with Crippen LogP contribution in [0, 0.1) is 3.57 Å². The van der Waals surface area contributed by atoms with Crippen molar-refractivity contribution in [2.24, 2.45) is 0 Å². The molecule has 2 rings (SSSR count). The Morgan fingerprint density at radius 1 is 1.50 bits per heavy atom. The van der Waals surface area contributed by atoms with E-state index in [2.05, 4.69) is 57.3 Å². The van der Waals surface area contributed by atoms with Crippen LogP contribution in [-0.2, 0) is 0 Å². The molecule has 1 fully saturated rings. The van der Waals surface area contributed by atoms with Gasteiger partial charge in [-0.2, -0.15) is 0 Å². The van der Waals surface area contributed by atoms with Gasteiger partial charge in [-0.05, 0) is 82.9 Å². The molecule has 1 aliphatic rings. The van der Waals surface area contributed by atoms with Crippen molar-refractivity contribution in [3.63, 3.8) is 0 Å². The van der Waals surface area contributed by atoms with E-state index < -0.39 is 0 Å². The Kier molecular flexibility index (Phi) is 4.69. The van der Waals surface area contributed by atoms with Crippen LogP contribution < -0.4 is 0 Å². The van der Waals surface area contributed by atoms with Gasteiger partial charge in [-0.25, -0.2) is 0 Å². The molecule has 2 atom stereocenters. The Morgan fingerprint density at radius 3 is 2.89 bits per heavy atom. The number of carbonyl (C=O) groups excluding carboxylic acids is 1. The van der Waals surface area contributed by atoms with Crippen LogP contribution in [0.25, 0.3) is 0 Å². The third kappa shape index (κ3) is 2.74. The number of halogens is 2. The lowest BCUT2D eigenvalue weighted by Gasteiger charge is -2.28. The molecule has 0 radical (unpaired) electrons. The average molecular weight is 422 g/mol. The average Bonchev–Trinajstić information content (AvgIpc) is 2.72. The van der Waals surface area contributed by atoms with Crippen molar-refractivity contribution in [3.8, 4) is 0 Å². The summed E-state index contributed by atoms with van der Waals surface area (Å²) in [5, 5.41) is 0. The summed E-state index contributed by atoms with van der Waals surface area (Å²) in [7, 11) is 0. The maximum atomic E-state index is 12.7. The first-order valence-electron chi connectivity index (χ1n) is 6.32. The van der Waals surface area contributed by atoms with Crippen molar-refractivity contribution in [1.82, 2.24) is 4.90 Å². The molecule has 1 aromatic rings. The lowest BCUT2D eigenvalue weighted by Crippen LogP contribution is -2.39. The number of hydrogen-bond acceptors (Lipinski definition) is 1. The number of amides is 1. The lowest BCUT2D eigenvalue weighted by atomic mass is 10.1. The molecule has 98 valence electrons. The van der Waals surface area contributed by atoms with Crippen molar-refractivity contribution in [2.45, 2.75) is 45.2 Å². The van der Waals surface area contributed by atoms with Gasteiger partial charge < -0.3 is 4.90 Å². The van der Waals surface area contributed by atoms with Crippen LogP contribution in [0.15, 0.2) is 22.7 Å². The molecule has 4 heteroatoms. The number of benzene rings is 1. The number of likely N-dealkylation sites (tertiary alicyclic amines) is 1. The molecule has 2 unspecified atom stereocenters. The first-order chi connectivity index (χ1) is 8.54. The molecule has 0 aromatic heterocycles. The predicted molar refractivity (Wildman–Crippen MR) is 85.8 cm³/mol. The van der Waals surface area contributed by atoms with Gasteiger partial charge in [0.05, 0.1) is 5.56 Å². The van der Waals surface area contributed by atoms with E-state index in [4.69, 9.17) is 0 Å². The second-order valence-corrected chi connectivity index (χ2v) is 6.93. The Labute approximate surface area is 130 Å². The van der Waals surface area contributed by atoms with Gasteiger partial charge in [0.1, 0.15) is 0 Å². The third-order valence-electron chi connectivity index (χ3n) is 3.65. The van der Waals surface area contributed by atoms with Crippen molar-refractivity contribution < 1.29 is 4.79 Å². The van der Waals surface area contributed by atoms with Crippen LogP contribution >= 0.6 is 38.5 Å². The fourth-order valence-electron chi connectivity index (χ4n) is 2.64. The highest BCUT2D eigenvalue weighted by molar-refractivity contribution is 14.1. The largest absolute Gasteiger partial charge is 0.333 e. The molecule has 0 bridgehead atoms. The Bertz CT molecular complexity index is 463. The van der Waals surface area contributed by atoms with Gasteiger partial charge in [0.2, 0.25) is 0 Å². The van der Waals surface area contributed by atoms with Crippen LogP contribution in [0.4, 0.5) is 0 Å². The highest BCUT2D eigenvalue weighted by atomic mass is 127. The normalized spacial score (nSPS) is 23.4. The molecule has 1 amide bonds. The maximum absolute atomic E-state index is 12.7. The van der Waals surface area contributed by atoms with Gasteiger partial charge >= 0.3 is 0 Å². The highest BCUT2D eigenvalue weighted by Crippen LogP contribution is 2.30. The molecule has 0 aliphatic carbocycles. The SMILES string of the molecule is CCC1CCC(C)N1C(=O)c1cc(I)ccc1Br. The standard InChI is InChI=1S/C14H17BrINO/c1-3-11-6-4-9(2)17(11)14(18)12-8-10(16)5-7-13(12)15/h5,7-9,11H,3-4,6H2,1-2H3. The van der Waals surface area contributed by atoms with E-state index in [1.165, 1.54) is 0 Å². The van der Waals surface area contributed by atoms with E-state index in [0.29, 0.717) is 12.1 Å². The maximum Gasteiger partial charge on any atom is 0.255 e. The van der Waals surface area contributed by atoms with Crippen LogP contribution in [0.5, 0.6) is 0 Å². The van der Waals surface area contributed by atoms with Crippen LogP contribution in [0.2, 0.25) is 0 Å². The van der Waals surface area contributed by atoms with Crippen molar-refractivity contribution in [2.75, 3.05) is 0 Å². The first-order valence-corrected chi connectivity index (χ1v) is 8.19. The van der Waals surface area contributed by atoms with Gasteiger partial charge in [-0.3, -0.25) is 4.79 Å². The summed E-state index contributed by atoms with van der Waals surface area (Å²) in [6, 6.07) is 6.68. The minimum absolute atomic E-state index is 0.164.